The molecule has 39 heavy (non-hydrogen) atoms. The minimum Gasteiger partial charge on any atom is -0.391 e. The SMILES string of the molecule is C[Si](C)(C)CCOCn1nc(C(=O)N2CCC[C@@H]2c2cc(F)ccc2F)c2c(N[C@@H]3CCC[C@H]3O)ncnc21. The summed E-state index contributed by atoms with van der Waals surface area (Å²) in [6.45, 7) is 7.88. The number of aliphatic hydroxyl groups excluding tert-OH is 1. The zero-order valence-corrected chi connectivity index (χ0v) is 23.7. The number of rotatable bonds is 9. The van der Waals surface area contributed by atoms with Crippen molar-refractivity contribution in [3.05, 3.63) is 47.4 Å². The Balaban J connectivity index is 1.51. The molecular weight excluding hydrogens is 522 g/mol. The van der Waals surface area contributed by atoms with E-state index in [-0.39, 0.29) is 24.0 Å². The van der Waals surface area contributed by atoms with Gasteiger partial charge in [-0.15, -0.1) is 0 Å². The van der Waals surface area contributed by atoms with Crippen LogP contribution in [0.3, 0.4) is 0 Å². The smallest absolute Gasteiger partial charge is 0.275 e. The van der Waals surface area contributed by atoms with E-state index in [1.54, 1.807) is 9.58 Å². The summed E-state index contributed by atoms with van der Waals surface area (Å²) in [5.41, 5.74) is 0.713. The summed E-state index contributed by atoms with van der Waals surface area (Å²) in [5.74, 6) is -1.09. The Morgan fingerprint density at radius 1 is 1.18 bits per heavy atom. The molecular formula is C27H36F2N6O3Si. The second-order valence-corrected chi connectivity index (χ2v) is 17.3. The molecule has 2 aromatic heterocycles. The maximum Gasteiger partial charge on any atom is 0.275 e. The van der Waals surface area contributed by atoms with E-state index in [9.17, 15) is 18.7 Å². The Morgan fingerprint density at radius 2 is 2.00 bits per heavy atom. The second kappa shape index (κ2) is 11.3. The minimum atomic E-state index is -1.30. The number of ether oxygens (including phenoxy) is 1. The van der Waals surface area contributed by atoms with Gasteiger partial charge in [-0.1, -0.05) is 19.6 Å². The van der Waals surface area contributed by atoms with Gasteiger partial charge >= 0.3 is 0 Å². The molecule has 1 aromatic carbocycles. The number of benzene rings is 1. The minimum absolute atomic E-state index is 0.110. The molecule has 1 aliphatic heterocycles. The predicted molar refractivity (Wildman–Crippen MR) is 146 cm³/mol. The molecule has 0 bridgehead atoms. The van der Waals surface area contributed by atoms with Gasteiger partial charge in [0.25, 0.3) is 5.91 Å². The molecule has 1 saturated carbocycles. The van der Waals surface area contributed by atoms with Crippen molar-refractivity contribution in [2.24, 2.45) is 0 Å². The van der Waals surface area contributed by atoms with Gasteiger partial charge in [0.15, 0.2) is 11.3 Å². The van der Waals surface area contributed by atoms with Gasteiger partial charge in [0.05, 0.1) is 23.6 Å². The van der Waals surface area contributed by atoms with Crippen LogP contribution in [0.1, 0.15) is 54.2 Å². The van der Waals surface area contributed by atoms with Gasteiger partial charge < -0.3 is 20.1 Å². The lowest BCUT2D eigenvalue weighted by Crippen LogP contribution is -2.32. The third-order valence-corrected chi connectivity index (χ3v) is 9.28. The number of likely N-dealkylation sites (tertiary alicyclic amines) is 1. The third-order valence-electron chi connectivity index (χ3n) is 7.57. The molecule has 5 rings (SSSR count). The number of carbonyl (C=O) groups is 1. The van der Waals surface area contributed by atoms with E-state index in [2.05, 4.69) is 40.0 Å². The van der Waals surface area contributed by atoms with E-state index >= 15 is 0 Å². The summed E-state index contributed by atoms with van der Waals surface area (Å²) in [6, 6.07) is 3.49. The summed E-state index contributed by atoms with van der Waals surface area (Å²) < 4.78 is 36.2. The largest absolute Gasteiger partial charge is 0.391 e. The molecule has 1 aliphatic carbocycles. The quantitative estimate of drug-likeness (QED) is 0.289. The zero-order valence-electron chi connectivity index (χ0n) is 22.7. The number of anilines is 1. The van der Waals surface area contributed by atoms with Gasteiger partial charge in [-0.25, -0.2) is 23.4 Å². The first-order valence-electron chi connectivity index (χ1n) is 13.6. The molecule has 0 unspecified atom stereocenters. The maximum atomic E-state index is 14.7. The van der Waals surface area contributed by atoms with Crippen LogP contribution in [0.2, 0.25) is 25.7 Å². The number of hydrogen-bond donors (Lipinski definition) is 2. The summed E-state index contributed by atoms with van der Waals surface area (Å²) in [7, 11) is -1.30. The predicted octanol–water partition coefficient (Wildman–Crippen LogP) is 4.72. The second-order valence-electron chi connectivity index (χ2n) is 11.7. The number of amides is 1. The normalized spacial score (nSPS) is 21.7. The molecule has 2 aliphatic rings. The highest BCUT2D eigenvalue weighted by molar-refractivity contribution is 6.76. The van der Waals surface area contributed by atoms with E-state index in [4.69, 9.17) is 4.74 Å². The van der Waals surface area contributed by atoms with Gasteiger partial charge in [0, 0.05) is 26.8 Å². The van der Waals surface area contributed by atoms with E-state index < -0.39 is 37.8 Å². The number of nitrogens with one attached hydrogen (secondary N) is 1. The average molecular weight is 559 g/mol. The molecule has 2 N–H and O–H groups in total. The van der Waals surface area contributed by atoms with Crippen molar-refractivity contribution >= 4 is 30.8 Å². The number of aliphatic hydroxyl groups is 1. The van der Waals surface area contributed by atoms with Crippen LogP contribution in [0, 0.1) is 11.6 Å². The Labute approximate surface area is 227 Å². The highest BCUT2D eigenvalue weighted by atomic mass is 28.3. The fourth-order valence-electron chi connectivity index (χ4n) is 5.41. The monoisotopic (exact) mass is 558 g/mol. The van der Waals surface area contributed by atoms with E-state index in [0.717, 1.165) is 37.1 Å². The van der Waals surface area contributed by atoms with Crippen LogP contribution in [0.5, 0.6) is 0 Å². The first-order valence-corrected chi connectivity index (χ1v) is 17.3. The van der Waals surface area contributed by atoms with Crippen LogP contribution >= 0.6 is 0 Å². The standard InChI is InChI=1S/C27H36F2N6O3Si/c1-39(2,3)13-12-38-16-35-26-23(25(30-15-31-26)32-20-6-4-8-22(20)36)24(33-35)27(37)34-11-5-7-21(34)18-14-17(28)9-10-19(18)29/h9-10,14-15,20-22,36H,4-8,11-13,16H2,1-3H3,(H,30,31,32)/t20-,21-,22-/m1/s1. The fourth-order valence-corrected chi connectivity index (χ4v) is 6.17. The molecule has 0 radical (unpaired) electrons. The molecule has 210 valence electrons. The van der Waals surface area contributed by atoms with E-state index in [0.29, 0.717) is 49.3 Å². The lowest BCUT2D eigenvalue weighted by Gasteiger charge is -2.25. The molecule has 12 heteroatoms. The highest BCUT2D eigenvalue weighted by Crippen LogP contribution is 2.36. The van der Waals surface area contributed by atoms with Crippen molar-refractivity contribution in [1.29, 1.82) is 0 Å². The van der Waals surface area contributed by atoms with Crippen molar-refractivity contribution < 1.29 is 23.4 Å². The number of nitrogens with zero attached hydrogens (tertiary/aromatic N) is 5. The number of carbonyl (C=O) groups excluding carboxylic acids is 1. The molecule has 3 atom stereocenters. The summed E-state index contributed by atoms with van der Waals surface area (Å²) in [6.07, 6.45) is 4.40. The molecule has 3 heterocycles. The van der Waals surface area contributed by atoms with Crippen molar-refractivity contribution in [3.63, 3.8) is 0 Å². The Hall–Kier alpha value is -2.96. The van der Waals surface area contributed by atoms with Crippen LogP contribution in [0.25, 0.3) is 11.0 Å². The number of halogens is 2. The van der Waals surface area contributed by atoms with Gasteiger partial charge in [-0.3, -0.25) is 4.79 Å². The van der Waals surface area contributed by atoms with Crippen molar-refractivity contribution in [3.8, 4) is 0 Å². The third kappa shape index (κ3) is 5.97. The highest BCUT2D eigenvalue weighted by Gasteiger charge is 2.36. The maximum absolute atomic E-state index is 14.7. The molecule has 1 saturated heterocycles. The van der Waals surface area contributed by atoms with Crippen molar-refractivity contribution in [1.82, 2.24) is 24.6 Å². The van der Waals surface area contributed by atoms with E-state index in [1.165, 1.54) is 6.33 Å². The first kappa shape index (κ1) is 27.6. The first-order chi connectivity index (χ1) is 18.6. The lowest BCUT2D eigenvalue weighted by molar-refractivity contribution is 0.0708. The molecule has 0 spiro atoms. The van der Waals surface area contributed by atoms with E-state index in [1.807, 2.05) is 0 Å². The van der Waals surface area contributed by atoms with Crippen LogP contribution in [0.4, 0.5) is 14.6 Å². The molecule has 1 amide bonds. The summed E-state index contributed by atoms with van der Waals surface area (Å²) in [4.78, 5) is 24.4. The molecule has 9 nitrogen and oxygen atoms in total. The van der Waals surface area contributed by atoms with Crippen LogP contribution in [0.15, 0.2) is 24.5 Å². The van der Waals surface area contributed by atoms with Crippen molar-refractivity contribution in [2.75, 3.05) is 18.5 Å². The summed E-state index contributed by atoms with van der Waals surface area (Å²) in [5, 5.41) is 18.8. The van der Waals surface area contributed by atoms with Crippen LogP contribution < -0.4 is 5.32 Å². The Kier molecular flexibility index (Phi) is 7.97. The fraction of sp³-hybridized carbons (Fsp3) is 0.556. The van der Waals surface area contributed by atoms with Gasteiger partial charge in [0.1, 0.15) is 30.5 Å². The topological polar surface area (TPSA) is 105 Å². The number of aromatic nitrogens is 4. The Bertz CT molecular complexity index is 1350. The molecule has 2 fully saturated rings. The van der Waals surface area contributed by atoms with Gasteiger partial charge in [0.2, 0.25) is 0 Å². The van der Waals surface area contributed by atoms with Crippen LogP contribution in [-0.4, -0.2) is 69.0 Å². The Morgan fingerprint density at radius 3 is 2.74 bits per heavy atom. The molecule has 3 aromatic rings. The van der Waals surface area contributed by atoms with Crippen molar-refractivity contribution in [2.45, 2.75) is 82.7 Å². The van der Waals surface area contributed by atoms with Gasteiger partial charge in [-0.2, -0.15) is 5.10 Å². The number of hydrogen-bond acceptors (Lipinski definition) is 7. The summed E-state index contributed by atoms with van der Waals surface area (Å²) >= 11 is 0. The zero-order chi connectivity index (χ0) is 27.7. The lowest BCUT2D eigenvalue weighted by atomic mass is 10.0. The average Bonchev–Trinajstić information content (AvgIpc) is 3.62. The van der Waals surface area contributed by atoms with Crippen LogP contribution in [-0.2, 0) is 11.5 Å². The number of fused-ring (bicyclic) bond motifs is 1. The van der Waals surface area contributed by atoms with Gasteiger partial charge in [-0.05, 0) is 56.3 Å².